The van der Waals surface area contributed by atoms with Crippen LogP contribution in [0.25, 0.3) is 0 Å². The molecule has 4 heteroatoms. The minimum absolute atomic E-state index is 0.0459. The summed E-state index contributed by atoms with van der Waals surface area (Å²) in [6.07, 6.45) is -1.61. The largest absolute Gasteiger partial charge is 0.390 e. The van der Waals surface area contributed by atoms with Crippen molar-refractivity contribution in [3.8, 4) is 0 Å². The van der Waals surface area contributed by atoms with Gasteiger partial charge in [-0.1, -0.05) is 20.8 Å². The SMILES string of the molecule is CC(C)CC1OC(OC(C)C)C(C)C(O)C1O. The van der Waals surface area contributed by atoms with Crippen LogP contribution in [-0.2, 0) is 9.47 Å². The molecule has 1 aliphatic heterocycles. The lowest BCUT2D eigenvalue weighted by Gasteiger charge is -2.42. The molecule has 1 rings (SSSR count). The van der Waals surface area contributed by atoms with E-state index in [1.54, 1.807) is 0 Å². The highest BCUT2D eigenvalue weighted by Crippen LogP contribution is 2.30. The van der Waals surface area contributed by atoms with Gasteiger partial charge in [0.25, 0.3) is 0 Å². The number of hydrogen-bond donors (Lipinski definition) is 2. The zero-order valence-corrected chi connectivity index (χ0v) is 11.5. The molecular formula is C13H26O4. The van der Waals surface area contributed by atoms with Crippen LogP contribution in [0.1, 0.15) is 41.0 Å². The Kier molecular flexibility index (Phi) is 5.38. The zero-order chi connectivity index (χ0) is 13.2. The topological polar surface area (TPSA) is 58.9 Å². The van der Waals surface area contributed by atoms with Crippen LogP contribution in [0, 0.1) is 11.8 Å². The number of aliphatic hydroxyl groups excluding tert-OH is 2. The summed E-state index contributed by atoms with van der Waals surface area (Å²) >= 11 is 0. The summed E-state index contributed by atoms with van der Waals surface area (Å²) in [7, 11) is 0. The van der Waals surface area contributed by atoms with E-state index in [1.807, 2.05) is 20.8 Å². The van der Waals surface area contributed by atoms with E-state index in [0.717, 1.165) is 6.42 Å². The third kappa shape index (κ3) is 3.91. The van der Waals surface area contributed by atoms with Crippen LogP contribution in [-0.4, -0.2) is 40.9 Å². The van der Waals surface area contributed by atoms with Crippen LogP contribution < -0.4 is 0 Å². The van der Waals surface area contributed by atoms with Crippen molar-refractivity contribution in [2.24, 2.45) is 11.8 Å². The first-order valence-electron chi connectivity index (χ1n) is 6.50. The Labute approximate surface area is 104 Å². The van der Waals surface area contributed by atoms with E-state index in [9.17, 15) is 10.2 Å². The number of rotatable bonds is 4. The second-order valence-corrected chi connectivity index (χ2v) is 5.70. The molecule has 0 radical (unpaired) electrons. The third-order valence-corrected chi connectivity index (χ3v) is 3.12. The van der Waals surface area contributed by atoms with Crippen molar-refractivity contribution in [1.29, 1.82) is 0 Å². The van der Waals surface area contributed by atoms with Gasteiger partial charge in [-0.05, 0) is 26.2 Å². The molecule has 102 valence electrons. The summed E-state index contributed by atoms with van der Waals surface area (Å²) in [4.78, 5) is 0. The van der Waals surface area contributed by atoms with Gasteiger partial charge in [-0.15, -0.1) is 0 Å². The minimum Gasteiger partial charge on any atom is -0.390 e. The molecule has 1 fully saturated rings. The van der Waals surface area contributed by atoms with Gasteiger partial charge in [0, 0.05) is 5.92 Å². The lowest BCUT2D eigenvalue weighted by molar-refractivity contribution is -0.288. The van der Waals surface area contributed by atoms with E-state index in [1.165, 1.54) is 0 Å². The number of ether oxygens (including phenoxy) is 2. The Hall–Kier alpha value is -0.160. The summed E-state index contributed by atoms with van der Waals surface area (Å²) in [5.74, 6) is 0.200. The lowest BCUT2D eigenvalue weighted by Crippen LogP contribution is -2.54. The molecule has 0 amide bonds. The molecule has 0 spiro atoms. The third-order valence-electron chi connectivity index (χ3n) is 3.12. The molecule has 5 atom stereocenters. The highest BCUT2D eigenvalue weighted by molar-refractivity contribution is 4.87. The first kappa shape index (κ1) is 14.9. The van der Waals surface area contributed by atoms with Gasteiger partial charge < -0.3 is 19.7 Å². The van der Waals surface area contributed by atoms with Crippen LogP contribution >= 0.6 is 0 Å². The molecule has 0 bridgehead atoms. The Morgan fingerprint density at radius 1 is 1.12 bits per heavy atom. The highest BCUT2D eigenvalue weighted by Gasteiger charge is 2.42. The lowest BCUT2D eigenvalue weighted by atomic mass is 9.89. The monoisotopic (exact) mass is 246 g/mol. The van der Waals surface area contributed by atoms with Gasteiger partial charge in [0.2, 0.25) is 0 Å². The maximum Gasteiger partial charge on any atom is 0.163 e. The van der Waals surface area contributed by atoms with Crippen molar-refractivity contribution in [3.05, 3.63) is 0 Å². The number of aliphatic hydroxyl groups is 2. The molecule has 2 N–H and O–H groups in total. The second-order valence-electron chi connectivity index (χ2n) is 5.70. The van der Waals surface area contributed by atoms with Crippen molar-refractivity contribution in [3.63, 3.8) is 0 Å². The maximum atomic E-state index is 10.0. The van der Waals surface area contributed by atoms with Crippen LogP contribution in [0.3, 0.4) is 0 Å². The second kappa shape index (κ2) is 6.14. The van der Waals surface area contributed by atoms with Gasteiger partial charge in [-0.25, -0.2) is 0 Å². The molecule has 1 aliphatic rings. The van der Waals surface area contributed by atoms with Gasteiger partial charge in [-0.2, -0.15) is 0 Å². The normalized spacial score (nSPS) is 39.0. The smallest absolute Gasteiger partial charge is 0.163 e. The summed E-state index contributed by atoms with van der Waals surface area (Å²) in [6.45, 7) is 9.85. The molecule has 0 aromatic rings. The number of hydrogen-bond acceptors (Lipinski definition) is 4. The summed E-state index contributed by atoms with van der Waals surface area (Å²) in [5.41, 5.74) is 0. The molecule has 0 aromatic heterocycles. The molecule has 1 saturated heterocycles. The van der Waals surface area contributed by atoms with E-state index in [0.29, 0.717) is 5.92 Å². The van der Waals surface area contributed by atoms with Crippen molar-refractivity contribution in [2.75, 3.05) is 0 Å². The quantitative estimate of drug-likeness (QED) is 0.790. The molecule has 0 aliphatic carbocycles. The van der Waals surface area contributed by atoms with E-state index in [4.69, 9.17) is 9.47 Å². The minimum atomic E-state index is -0.820. The molecule has 4 nitrogen and oxygen atoms in total. The van der Waals surface area contributed by atoms with Crippen LogP contribution in [0.2, 0.25) is 0 Å². The van der Waals surface area contributed by atoms with Crippen molar-refractivity contribution in [1.82, 2.24) is 0 Å². The van der Waals surface area contributed by atoms with E-state index >= 15 is 0 Å². The Morgan fingerprint density at radius 3 is 2.18 bits per heavy atom. The van der Waals surface area contributed by atoms with E-state index in [2.05, 4.69) is 13.8 Å². The fourth-order valence-electron chi connectivity index (χ4n) is 2.15. The summed E-state index contributed by atoms with van der Waals surface area (Å²) in [6, 6.07) is 0. The highest BCUT2D eigenvalue weighted by atomic mass is 16.7. The van der Waals surface area contributed by atoms with Gasteiger partial charge in [0.1, 0.15) is 6.10 Å². The fraction of sp³-hybridized carbons (Fsp3) is 1.00. The van der Waals surface area contributed by atoms with Crippen molar-refractivity contribution >= 4 is 0 Å². The molecule has 5 unspecified atom stereocenters. The first-order valence-corrected chi connectivity index (χ1v) is 6.50. The Bertz CT molecular complexity index is 207. The molecule has 0 saturated carbocycles. The standard InChI is InChI=1S/C13H26O4/c1-7(2)6-10-12(15)11(14)9(5)13(17-10)16-8(3)4/h7-15H,6H2,1-5H3. The Balaban J connectivity index is 2.68. The first-order chi connectivity index (χ1) is 7.82. The van der Waals surface area contributed by atoms with Crippen molar-refractivity contribution < 1.29 is 19.7 Å². The van der Waals surface area contributed by atoms with E-state index in [-0.39, 0.29) is 18.1 Å². The average Bonchev–Trinajstić information content (AvgIpc) is 2.20. The average molecular weight is 246 g/mol. The summed E-state index contributed by atoms with van der Waals surface area (Å²) in [5, 5.41) is 20.0. The van der Waals surface area contributed by atoms with Crippen LogP contribution in [0.15, 0.2) is 0 Å². The van der Waals surface area contributed by atoms with Crippen LogP contribution in [0.4, 0.5) is 0 Å². The predicted octanol–water partition coefficient (Wildman–Crippen LogP) is 1.54. The Morgan fingerprint density at radius 2 is 1.71 bits per heavy atom. The molecular weight excluding hydrogens is 220 g/mol. The summed E-state index contributed by atoms with van der Waals surface area (Å²) < 4.78 is 11.4. The predicted molar refractivity (Wildman–Crippen MR) is 65.5 cm³/mol. The van der Waals surface area contributed by atoms with E-state index < -0.39 is 18.5 Å². The van der Waals surface area contributed by atoms with Gasteiger partial charge in [0.15, 0.2) is 6.29 Å². The van der Waals surface area contributed by atoms with Crippen molar-refractivity contribution in [2.45, 2.75) is 71.7 Å². The zero-order valence-electron chi connectivity index (χ0n) is 11.5. The van der Waals surface area contributed by atoms with Gasteiger partial charge in [-0.3, -0.25) is 0 Å². The maximum absolute atomic E-state index is 10.0. The fourth-order valence-corrected chi connectivity index (χ4v) is 2.15. The van der Waals surface area contributed by atoms with Crippen LogP contribution in [0.5, 0.6) is 0 Å². The molecule has 17 heavy (non-hydrogen) atoms. The van der Waals surface area contributed by atoms with Gasteiger partial charge in [0.05, 0.1) is 18.3 Å². The molecule has 0 aromatic carbocycles. The molecule has 1 heterocycles. The van der Waals surface area contributed by atoms with Gasteiger partial charge >= 0.3 is 0 Å².